The fourth-order valence-electron chi connectivity index (χ4n) is 3.62. The van der Waals surface area contributed by atoms with E-state index in [1.165, 1.54) is 48.8 Å². The first-order valence-electron chi connectivity index (χ1n) is 10.9. The second-order valence-electron chi connectivity index (χ2n) is 8.38. The highest BCUT2D eigenvalue weighted by Crippen LogP contribution is 2.28. The van der Waals surface area contributed by atoms with E-state index in [4.69, 9.17) is 16.3 Å². The fraction of sp³-hybridized carbons (Fsp3) is 0.478. The second-order valence-corrected chi connectivity index (χ2v) is 10.8. The van der Waals surface area contributed by atoms with Gasteiger partial charge in [-0.05, 0) is 62.9 Å². The van der Waals surface area contributed by atoms with Crippen LogP contribution in [0.3, 0.4) is 0 Å². The van der Waals surface area contributed by atoms with Gasteiger partial charge in [-0.25, -0.2) is 13.4 Å². The van der Waals surface area contributed by atoms with Gasteiger partial charge in [0.15, 0.2) is 11.6 Å². The van der Waals surface area contributed by atoms with E-state index in [2.05, 4.69) is 10.3 Å². The van der Waals surface area contributed by atoms with Crippen molar-refractivity contribution in [3.8, 4) is 5.75 Å². The molecule has 0 radical (unpaired) electrons. The van der Waals surface area contributed by atoms with E-state index in [0.29, 0.717) is 18.3 Å². The monoisotopic (exact) mass is 479 g/mol. The lowest BCUT2D eigenvalue weighted by Gasteiger charge is -2.22. The Morgan fingerprint density at radius 2 is 1.97 bits per heavy atom. The van der Waals surface area contributed by atoms with Gasteiger partial charge in [-0.2, -0.15) is 4.31 Å². The summed E-state index contributed by atoms with van der Waals surface area (Å²) >= 11 is 6.23. The SMILES string of the molecule is CC(C)N(C)S(=O)(=O)c1ccc(Cl)c(C(=O)Nc2ncccc2OCC2CCCCC2)c1. The second kappa shape index (κ2) is 10.6. The molecule has 0 bridgehead atoms. The minimum absolute atomic E-state index is 0.00181. The van der Waals surface area contributed by atoms with Gasteiger partial charge in [-0.3, -0.25) is 4.79 Å². The maximum Gasteiger partial charge on any atom is 0.258 e. The molecule has 0 spiro atoms. The van der Waals surface area contributed by atoms with Crippen LogP contribution in [0.2, 0.25) is 5.02 Å². The van der Waals surface area contributed by atoms with Crippen molar-refractivity contribution in [1.82, 2.24) is 9.29 Å². The smallest absolute Gasteiger partial charge is 0.258 e. The number of benzene rings is 1. The van der Waals surface area contributed by atoms with Gasteiger partial charge in [0.25, 0.3) is 5.91 Å². The maximum atomic E-state index is 13.0. The van der Waals surface area contributed by atoms with Crippen LogP contribution in [0.15, 0.2) is 41.4 Å². The number of rotatable bonds is 8. The molecule has 1 aromatic heterocycles. The Kier molecular flexibility index (Phi) is 8.14. The zero-order valence-corrected chi connectivity index (χ0v) is 20.2. The number of nitrogens with zero attached hydrogens (tertiary/aromatic N) is 2. The molecule has 0 atom stereocenters. The Morgan fingerprint density at radius 3 is 2.66 bits per heavy atom. The first-order valence-corrected chi connectivity index (χ1v) is 12.7. The van der Waals surface area contributed by atoms with Gasteiger partial charge in [-0.15, -0.1) is 0 Å². The number of ether oxygens (including phenoxy) is 1. The predicted molar refractivity (Wildman–Crippen MR) is 126 cm³/mol. The number of nitrogens with one attached hydrogen (secondary N) is 1. The van der Waals surface area contributed by atoms with Gasteiger partial charge in [0.1, 0.15) is 0 Å². The summed E-state index contributed by atoms with van der Waals surface area (Å²) in [5.41, 5.74) is 0.0498. The molecule has 174 valence electrons. The molecule has 2 aromatic rings. The van der Waals surface area contributed by atoms with Gasteiger partial charge >= 0.3 is 0 Å². The quantitative estimate of drug-likeness (QED) is 0.577. The number of carbonyl (C=O) groups excluding carboxylic acids is 1. The normalized spacial score (nSPS) is 15.2. The number of hydrogen-bond acceptors (Lipinski definition) is 5. The number of sulfonamides is 1. The van der Waals surface area contributed by atoms with E-state index in [0.717, 1.165) is 12.8 Å². The molecule has 1 aromatic carbocycles. The Bertz CT molecular complexity index is 1050. The van der Waals surface area contributed by atoms with Gasteiger partial charge in [-0.1, -0.05) is 30.9 Å². The van der Waals surface area contributed by atoms with E-state index in [1.807, 2.05) is 0 Å². The van der Waals surface area contributed by atoms with Crippen molar-refractivity contribution in [3.63, 3.8) is 0 Å². The molecule has 1 heterocycles. The number of halogens is 1. The standard InChI is InChI=1S/C23H30ClN3O4S/c1-16(2)27(3)32(29,30)18-11-12-20(24)19(14-18)23(28)26-22-21(10-7-13-25-22)31-15-17-8-5-4-6-9-17/h7,10-14,16-17H,4-6,8-9,15H2,1-3H3,(H,25,26,28). The zero-order valence-electron chi connectivity index (χ0n) is 18.7. The van der Waals surface area contributed by atoms with E-state index in [-0.39, 0.29) is 27.3 Å². The summed E-state index contributed by atoms with van der Waals surface area (Å²) < 4.78 is 32.9. The van der Waals surface area contributed by atoms with Crippen molar-refractivity contribution >= 4 is 33.3 Å². The zero-order chi connectivity index (χ0) is 23.3. The number of anilines is 1. The Morgan fingerprint density at radius 1 is 1.25 bits per heavy atom. The number of hydrogen-bond donors (Lipinski definition) is 1. The largest absolute Gasteiger partial charge is 0.489 e. The van der Waals surface area contributed by atoms with Crippen molar-refractivity contribution in [2.45, 2.75) is 56.9 Å². The molecule has 0 unspecified atom stereocenters. The molecule has 9 heteroatoms. The van der Waals surface area contributed by atoms with Gasteiger partial charge in [0, 0.05) is 19.3 Å². The molecule has 1 amide bonds. The number of pyridine rings is 1. The lowest BCUT2D eigenvalue weighted by atomic mass is 9.90. The van der Waals surface area contributed by atoms with E-state index in [1.54, 1.807) is 32.2 Å². The molecule has 0 aliphatic heterocycles. The van der Waals surface area contributed by atoms with Gasteiger partial charge < -0.3 is 10.1 Å². The van der Waals surface area contributed by atoms with Crippen LogP contribution in [0, 0.1) is 5.92 Å². The molecule has 1 fully saturated rings. The molecule has 7 nitrogen and oxygen atoms in total. The topological polar surface area (TPSA) is 88.6 Å². The van der Waals surface area contributed by atoms with Crippen molar-refractivity contribution in [2.75, 3.05) is 19.0 Å². The van der Waals surface area contributed by atoms with Crippen LogP contribution in [0.1, 0.15) is 56.3 Å². The van der Waals surface area contributed by atoms with Crippen molar-refractivity contribution in [2.24, 2.45) is 5.92 Å². The van der Waals surface area contributed by atoms with Crippen LogP contribution in [0.4, 0.5) is 5.82 Å². The van der Waals surface area contributed by atoms with Crippen LogP contribution in [0.25, 0.3) is 0 Å². The molecule has 1 N–H and O–H groups in total. The van der Waals surface area contributed by atoms with E-state index >= 15 is 0 Å². The lowest BCUT2D eigenvalue weighted by molar-refractivity contribution is 0.102. The van der Waals surface area contributed by atoms with Crippen molar-refractivity contribution < 1.29 is 17.9 Å². The average molecular weight is 480 g/mol. The van der Waals surface area contributed by atoms with E-state index in [9.17, 15) is 13.2 Å². The molecule has 1 aliphatic carbocycles. The molecule has 3 rings (SSSR count). The molecule has 1 aliphatic rings. The molecule has 1 saturated carbocycles. The van der Waals surface area contributed by atoms with Crippen molar-refractivity contribution in [1.29, 1.82) is 0 Å². The van der Waals surface area contributed by atoms with Gasteiger partial charge in [0.05, 0.1) is 22.1 Å². The summed E-state index contributed by atoms with van der Waals surface area (Å²) in [7, 11) is -2.26. The summed E-state index contributed by atoms with van der Waals surface area (Å²) in [5, 5.41) is 2.87. The molecular weight excluding hydrogens is 450 g/mol. The summed E-state index contributed by atoms with van der Waals surface area (Å²) in [6, 6.07) is 7.37. The fourth-order valence-corrected chi connectivity index (χ4v) is 5.22. The Hall–Kier alpha value is -2.16. The number of amides is 1. The third-order valence-electron chi connectivity index (χ3n) is 5.79. The van der Waals surface area contributed by atoms with Crippen LogP contribution >= 0.6 is 11.6 Å². The number of aromatic nitrogens is 1. The average Bonchev–Trinajstić information content (AvgIpc) is 2.78. The van der Waals surface area contributed by atoms with Crippen LogP contribution < -0.4 is 10.1 Å². The lowest BCUT2D eigenvalue weighted by Crippen LogP contribution is -2.33. The first-order chi connectivity index (χ1) is 15.2. The van der Waals surface area contributed by atoms with Crippen LogP contribution in [-0.2, 0) is 10.0 Å². The van der Waals surface area contributed by atoms with Crippen molar-refractivity contribution in [3.05, 3.63) is 47.1 Å². The summed E-state index contributed by atoms with van der Waals surface area (Å²) in [4.78, 5) is 17.2. The minimum atomic E-state index is -3.76. The van der Waals surface area contributed by atoms with Crippen LogP contribution in [-0.4, -0.2) is 43.3 Å². The van der Waals surface area contributed by atoms with Gasteiger partial charge in [0.2, 0.25) is 10.0 Å². The summed E-state index contributed by atoms with van der Waals surface area (Å²) in [6.45, 7) is 4.12. The van der Waals surface area contributed by atoms with Crippen LogP contribution in [0.5, 0.6) is 5.75 Å². The molecule has 0 saturated heterocycles. The Labute approximate surface area is 195 Å². The maximum absolute atomic E-state index is 13.0. The highest BCUT2D eigenvalue weighted by Gasteiger charge is 2.25. The Balaban J connectivity index is 1.79. The highest BCUT2D eigenvalue weighted by atomic mass is 35.5. The molecular formula is C23H30ClN3O4S. The third kappa shape index (κ3) is 5.79. The summed E-state index contributed by atoms with van der Waals surface area (Å²) in [6.07, 6.45) is 7.55. The highest BCUT2D eigenvalue weighted by molar-refractivity contribution is 7.89. The summed E-state index contributed by atoms with van der Waals surface area (Å²) in [5.74, 6) is 0.699. The molecule has 32 heavy (non-hydrogen) atoms. The number of carbonyl (C=O) groups is 1. The van der Waals surface area contributed by atoms with E-state index < -0.39 is 15.9 Å². The first kappa shape index (κ1) is 24.5. The minimum Gasteiger partial charge on any atom is -0.489 e. The third-order valence-corrected chi connectivity index (χ3v) is 8.15. The predicted octanol–water partition coefficient (Wildman–Crippen LogP) is 4.98.